The molecule has 0 aliphatic carbocycles. The van der Waals surface area contributed by atoms with Crippen molar-refractivity contribution in [3.05, 3.63) is 29.6 Å². The van der Waals surface area contributed by atoms with Crippen molar-refractivity contribution >= 4 is 17.6 Å². The van der Waals surface area contributed by atoms with Gasteiger partial charge in [0.2, 0.25) is 5.91 Å². The summed E-state index contributed by atoms with van der Waals surface area (Å²) in [4.78, 5) is 22.5. The Kier molecular flexibility index (Phi) is 4.11. The zero-order chi connectivity index (χ0) is 13.8. The number of anilines is 1. The van der Waals surface area contributed by atoms with Gasteiger partial charge >= 0.3 is 5.97 Å². The quantitative estimate of drug-likeness (QED) is 0.773. The molecule has 3 N–H and O–H groups in total. The van der Waals surface area contributed by atoms with Crippen LogP contribution in [0.3, 0.4) is 0 Å². The Morgan fingerprint density at radius 1 is 1.47 bits per heavy atom. The minimum absolute atomic E-state index is 0.166. The number of nitrogens with one attached hydrogen (secondary N) is 2. The zero-order valence-corrected chi connectivity index (χ0v) is 10.3. The number of carboxylic acids is 1. The fraction of sp³-hybridized carbons (Fsp3) is 0.385. The molecule has 19 heavy (non-hydrogen) atoms. The van der Waals surface area contributed by atoms with Crippen LogP contribution in [-0.2, 0) is 4.79 Å². The van der Waals surface area contributed by atoms with Crippen molar-refractivity contribution in [2.24, 2.45) is 0 Å². The molecule has 1 saturated heterocycles. The van der Waals surface area contributed by atoms with Gasteiger partial charge in [0.1, 0.15) is 5.82 Å². The third-order valence-electron chi connectivity index (χ3n) is 3.07. The van der Waals surface area contributed by atoms with Gasteiger partial charge in [-0.3, -0.25) is 4.79 Å². The largest absolute Gasteiger partial charge is 0.478 e. The highest BCUT2D eigenvalue weighted by atomic mass is 19.1. The topological polar surface area (TPSA) is 78.4 Å². The summed E-state index contributed by atoms with van der Waals surface area (Å²) in [6.07, 6.45) is 2.34. The Morgan fingerprint density at radius 2 is 2.26 bits per heavy atom. The van der Waals surface area contributed by atoms with Gasteiger partial charge in [-0.15, -0.1) is 0 Å². The van der Waals surface area contributed by atoms with Crippen LogP contribution >= 0.6 is 0 Å². The van der Waals surface area contributed by atoms with Crippen molar-refractivity contribution in [2.45, 2.75) is 25.3 Å². The maximum absolute atomic E-state index is 13.2. The predicted octanol–water partition coefficient (Wildman–Crippen LogP) is 1.60. The Hall–Kier alpha value is -1.95. The number of aromatic carboxylic acids is 1. The van der Waals surface area contributed by atoms with E-state index in [2.05, 4.69) is 10.6 Å². The highest BCUT2D eigenvalue weighted by molar-refractivity contribution is 5.94. The van der Waals surface area contributed by atoms with E-state index in [9.17, 15) is 14.0 Å². The summed E-state index contributed by atoms with van der Waals surface area (Å²) < 4.78 is 13.2. The number of carbonyl (C=O) groups excluding carboxylic acids is 1. The monoisotopic (exact) mass is 266 g/mol. The first-order valence-electron chi connectivity index (χ1n) is 6.12. The van der Waals surface area contributed by atoms with Gasteiger partial charge in [0.15, 0.2) is 0 Å². The van der Waals surface area contributed by atoms with E-state index in [4.69, 9.17) is 5.11 Å². The molecule has 1 unspecified atom stereocenters. The van der Waals surface area contributed by atoms with Gasteiger partial charge < -0.3 is 15.7 Å². The number of benzene rings is 1. The van der Waals surface area contributed by atoms with E-state index in [1.165, 1.54) is 6.07 Å². The first-order valence-corrected chi connectivity index (χ1v) is 6.12. The molecule has 102 valence electrons. The lowest BCUT2D eigenvalue weighted by atomic mass is 10.1. The second kappa shape index (κ2) is 5.79. The average molecular weight is 266 g/mol. The van der Waals surface area contributed by atoms with Crippen LogP contribution in [0.4, 0.5) is 10.1 Å². The molecular formula is C13H15FN2O3. The summed E-state index contributed by atoms with van der Waals surface area (Å²) in [5.41, 5.74) is -0.154. The Bertz CT molecular complexity index is 499. The molecule has 0 radical (unpaired) electrons. The van der Waals surface area contributed by atoms with Crippen LogP contribution in [0.1, 0.15) is 29.6 Å². The molecule has 6 heteroatoms. The van der Waals surface area contributed by atoms with E-state index in [1.54, 1.807) is 0 Å². The van der Waals surface area contributed by atoms with E-state index in [0.29, 0.717) is 12.1 Å². The summed E-state index contributed by atoms with van der Waals surface area (Å²) in [5.74, 6) is -2.38. The van der Waals surface area contributed by atoms with Crippen LogP contribution in [0.15, 0.2) is 18.2 Å². The zero-order valence-electron chi connectivity index (χ0n) is 10.3. The van der Waals surface area contributed by atoms with Crippen LogP contribution in [-0.4, -0.2) is 29.6 Å². The van der Waals surface area contributed by atoms with Gasteiger partial charge in [-0.05, 0) is 37.6 Å². The number of amides is 1. The maximum atomic E-state index is 13.2. The van der Waals surface area contributed by atoms with E-state index < -0.39 is 17.3 Å². The van der Waals surface area contributed by atoms with Crippen LogP contribution < -0.4 is 10.6 Å². The van der Waals surface area contributed by atoms with Gasteiger partial charge in [-0.1, -0.05) is 0 Å². The van der Waals surface area contributed by atoms with Crippen molar-refractivity contribution in [3.8, 4) is 0 Å². The molecule has 1 fully saturated rings. The molecule has 0 bridgehead atoms. The van der Waals surface area contributed by atoms with Crippen molar-refractivity contribution in [1.29, 1.82) is 0 Å². The molecule has 1 aromatic carbocycles. The molecule has 1 amide bonds. The first kappa shape index (κ1) is 13.5. The molecule has 2 rings (SSSR count). The molecule has 1 atom stereocenters. The number of hydrogen-bond acceptors (Lipinski definition) is 3. The summed E-state index contributed by atoms with van der Waals surface area (Å²) in [6, 6.07) is 3.67. The van der Waals surface area contributed by atoms with Gasteiger partial charge in [0.05, 0.1) is 5.56 Å². The second-order valence-electron chi connectivity index (χ2n) is 4.55. The molecule has 0 spiro atoms. The summed E-state index contributed by atoms with van der Waals surface area (Å²) in [7, 11) is 0. The molecular weight excluding hydrogens is 251 g/mol. The number of rotatable bonds is 4. The fourth-order valence-electron chi connectivity index (χ4n) is 2.13. The molecule has 1 aliphatic heterocycles. The lowest BCUT2D eigenvalue weighted by Gasteiger charge is -2.11. The number of halogens is 1. The molecule has 0 saturated carbocycles. The molecule has 0 aromatic heterocycles. The molecule has 1 heterocycles. The van der Waals surface area contributed by atoms with Gasteiger partial charge in [-0.2, -0.15) is 0 Å². The van der Waals surface area contributed by atoms with Gasteiger partial charge in [-0.25, -0.2) is 9.18 Å². The Balaban J connectivity index is 2.00. The second-order valence-corrected chi connectivity index (χ2v) is 4.55. The minimum atomic E-state index is -1.36. The predicted molar refractivity (Wildman–Crippen MR) is 67.6 cm³/mol. The molecule has 1 aromatic rings. The lowest BCUT2D eigenvalue weighted by molar-refractivity contribution is -0.116. The molecule has 1 aliphatic rings. The van der Waals surface area contributed by atoms with Crippen molar-refractivity contribution in [3.63, 3.8) is 0 Å². The lowest BCUT2D eigenvalue weighted by Crippen LogP contribution is -2.27. The smallest absolute Gasteiger partial charge is 0.338 e. The number of carboxylic acid groups (broad SMARTS) is 1. The maximum Gasteiger partial charge on any atom is 0.338 e. The average Bonchev–Trinajstić information content (AvgIpc) is 2.84. The van der Waals surface area contributed by atoms with Crippen molar-refractivity contribution < 1.29 is 19.1 Å². The van der Waals surface area contributed by atoms with Crippen LogP contribution in [0, 0.1) is 5.82 Å². The summed E-state index contributed by atoms with van der Waals surface area (Å²) in [6.45, 7) is 0.914. The molecule has 5 nitrogen and oxygen atoms in total. The Labute approximate surface area is 109 Å². The van der Waals surface area contributed by atoms with E-state index in [1.807, 2.05) is 0 Å². The number of carbonyl (C=O) groups is 2. The van der Waals surface area contributed by atoms with E-state index >= 15 is 0 Å². The normalized spacial score (nSPS) is 18.3. The van der Waals surface area contributed by atoms with Crippen molar-refractivity contribution in [2.75, 3.05) is 11.9 Å². The highest BCUT2D eigenvalue weighted by Crippen LogP contribution is 2.16. The first-order chi connectivity index (χ1) is 9.06. The minimum Gasteiger partial charge on any atom is -0.478 e. The van der Waals surface area contributed by atoms with Crippen LogP contribution in [0.25, 0.3) is 0 Å². The van der Waals surface area contributed by atoms with Crippen LogP contribution in [0.2, 0.25) is 0 Å². The summed E-state index contributed by atoms with van der Waals surface area (Å²) in [5, 5.41) is 14.6. The van der Waals surface area contributed by atoms with E-state index in [-0.39, 0.29) is 11.9 Å². The third kappa shape index (κ3) is 3.51. The third-order valence-corrected chi connectivity index (χ3v) is 3.07. The van der Waals surface area contributed by atoms with E-state index in [0.717, 1.165) is 31.5 Å². The Morgan fingerprint density at radius 3 is 2.89 bits per heavy atom. The van der Waals surface area contributed by atoms with Gasteiger partial charge in [0.25, 0.3) is 0 Å². The fourth-order valence-corrected chi connectivity index (χ4v) is 2.13. The van der Waals surface area contributed by atoms with Gasteiger partial charge in [0, 0.05) is 18.2 Å². The number of hydrogen-bond donors (Lipinski definition) is 3. The van der Waals surface area contributed by atoms with Crippen molar-refractivity contribution in [1.82, 2.24) is 5.32 Å². The SMILES string of the molecule is O=C(CC1CCCN1)Nc1ccc(F)c(C(=O)O)c1. The standard InChI is InChI=1S/C13H15FN2O3/c14-11-4-3-9(6-10(11)13(18)19)16-12(17)7-8-2-1-5-15-8/h3-4,6,8,15H,1-2,5,7H2,(H,16,17)(H,18,19). The van der Waals surface area contributed by atoms with Crippen LogP contribution in [0.5, 0.6) is 0 Å². The summed E-state index contributed by atoms with van der Waals surface area (Å²) >= 11 is 0. The highest BCUT2D eigenvalue weighted by Gasteiger charge is 2.18.